The van der Waals surface area contributed by atoms with Gasteiger partial charge in [-0.25, -0.2) is 0 Å². The summed E-state index contributed by atoms with van der Waals surface area (Å²) in [6, 6.07) is 0. The van der Waals surface area contributed by atoms with E-state index in [0.29, 0.717) is 11.8 Å². The van der Waals surface area contributed by atoms with Crippen LogP contribution in [0.3, 0.4) is 0 Å². The van der Waals surface area contributed by atoms with Crippen molar-refractivity contribution in [1.29, 1.82) is 0 Å². The molecule has 0 aromatic carbocycles. The molecule has 1 heterocycles. The number of aromatic nitrogens is 2. The molecule has 1 atom stereocenters. The van der Waals surface area contributed by atoms with E-state index in [4.69, 9.17) is 5.11 Å². The zero-order valence-corrected chi connectivity index (χ0v) is 8.09. The fraction of sp³-hybridized carbons (Fsp3) is 0.500. The zero-order valence-electron chi connectivity index (χ0n) is 7.28. The third kappa shape index (κ3) is 3.11. The van der Waals surface area contributed by atoms with Gasteiger partial charge in [0.25, 0.3) is 5.22 Å². The van der Waals surface area contributed by atoms with Crippen LogP contribution >= 0.6 is 11.8 Å². The van der Waals surface area contributed by atoms with Gasteiger partial charge < -0.3 is 9.52 Å². The number of rotatable bonds is 3. The molecule has 5 nitrogen and oxygen atoms in total. The molecule has 1 aromatic rings. The van der Waals surface area contributed by atoms with Crippen molar-refractivity contribution in [2.75, 3.05) is 0 Å². The van der Waals surface area contributed by atoms with Crippen molar-refractivity contribution < 1.29 is 27.5 Å². The molecule has 1 N–H and O–H groups in total. The Labute approximate surface area is 85.7 Å². The Bertz CT molecular complexity index is 365. The minimum absolute atomic E-state index is 0.419. The Morgan fingerprint density at radius 3 is 2.53 bits per heavy atom. The smallest absolute Gasteiger partial charge is 0.470 e. The van der Waals surface area contributed by atoms with Crippen LogP contribution < -0.4 is 0 Å². The van der Waals surface area contributed by atoms with Crippen LogP contribution in [0.5, 0.6) is 0 Å². The Morgan fingerprint density at radius 2 is 2.13 bits per heavy atom. The average molecular weight is 242 g/mol. The van der Waals surface area contributed by atoms with Crippen molar-refractivity contribution >= 4 is 17.7 Å². The molecule has 0 saturated heterocycles. The van der Waals surface area contributed by atoms with Crippen molar-refractivity contribution in [2.24, 2.45) is 0 Å². The molecular weight excluding hydrogens is 237 g/mol. The summed E-state index contributed by atoms with van der Waals surface area (Å²) in [5.41, 5.74) is 0. The minimum Gasteiger partial charge on any atom is -0.480 e. The van der Waals surface area contributed by atoms with Gasteiger partial charge in [-0.3, -0.25) is 4.79 Å². The summed E-state index contributed by atoms with van der Waals surface area (Å²) in [4.78, 5) is 10.4. The Morgan fingerprint density at radius 1 is 1.53 bits per heavy atom. The largest absolute Gasteiger partial charge is 0.480 e. The van der Waals surface area contributed by atoms with Crippen LogP contribution in [0.25, 0.3) is 0 Å². The van der Waals surface area contributed by atoms with Gasteiger partial charge in [-0.05, 0) is 6.92 Å². The molecular formula is C6H5F3N2O3S. The third-order valence-electron chi connectivity index (χ3n) is 1.27. The summed E-state index contributed by atoms with van der Waals surface area (Å²) in [6.07, 6.45) is -4.71. The summed E-state index contributed by atoms with van der Waals surface area (Å²) < 4.78 is 40.1. The number of aliphatic carboxylic acids is 1. The van der Waals surface area contributed by atoms with Crippen LogP contribution in [0.4, 0.5) is 13.2 Å². The van der Waals surface area contributed by atoms with E-state index in [0.717, 1.165) is 0 Å². The highest BCUT2D eigenvalue weighted by Gasteiger charge is 2.38. The number of hydrogen-bond donors (Lipinski definition) is 1. The number of halogens is 3. The molecule has 0 aliphatic heterocycles. The number of alkyl halides is 3. The second-order valence-corrected chi connectivity index (χ2v) is 3.76. The van der Waals surface area contributed by atoms with E-state index in [1.807, 2.05) is 0 Å². The lowest BCUT2D eigenvalue weighted by Gasteiger charge is -2.00. The van der Waals surface area contributed by atoms with Crippen molar-refractivity contribution in [1.82, 2.24) is 10.2 Å². The van der Waals surface area contributed by atoms with Crippen LogP contribution in [0.2, 0.25) is 0 Å². The van der Waals surface area contributed by atoms with E-state index in [1.54, 1.807) is 0 Å². The van der Waals surface area contributed by atoms with Gasteiger partial charge in [-0.1, -0.05) is 11.8 Å². The highest BCUT2D eigenvalue weighted by atomic mass is 32.2. The highest BCUT2D eigenvalue weighted by molar-refractivity contribution is 8.00. The lowest BCUT2D eigenvalue weighted by atomic mass is 10.5. The summed E-state index contributed by atoms with van der Waals surface area (Å²) in [7, 11) is 0. The first-order valence-corrected chi connectivity index (χ1v) is 4.49. The van der Waals surface area contributed by atoms with Crippen molar-refractivity contribution in [3.8, 4) is 0 Å². The molecule has 0 aliphatic rings. The van der Waals surface area contributed by atoms with Crippen molar-refractivity contribution in [3.63, 3.8) is 0 Å². The molecule has 0 saturated carbocycles. The van der Waals surface area contributed by atoms with Crippen molar-refractivity contribution in [2.45, 2.75) is 23.6 Å². The molecule has 0 bridgehead atoms. The maximum atomic E-state index is 12.0. The second kappa shape index (κ2) is 4.09. The van der Waals surface area contributed by atoms with Crippen LogP contribution in [0.1, 0.15) is 12.8 Å². The monoisotopic (exact) mass is 242 g/mol. The van der Waals surface area contributed by atoms with Crippen LogP contribution in [0, 0.1) is 0 Å². The van der Waals surface area contributed by atoms with Crippen LogP contribution in [0.15, 0.2) is 9.64 Å². The van der Waals surface area contributed by atoms with Gasteiger partial charge in [0, 0.05) is 0 Å². The fourth-order valence-corrected chi connectivity index (χ4v) is 1.19. The molecule has 0 fully saturated rings. The average Bonchev–Trinajstić information content (AvgIpc) is 2.51. The lowest BCUT2D eigenvalue weighted by Crippen LogP contribution is -2.11. The first-order valence-electron chi connectivity index (χ1n) is 3.61. The molecule has 0 spiro atoms. The normalized spacial score (nSPS) is 13.9. The van der Waals surface area contributed by atoms with E-state index in [9.17, 15) is 18.0 Å². The maximum absolute atomic E-state index is 12.0. The van der Waals surface area contributed by atoms with Crippen LogP contribution in [-0.4, -0.2) is 26.5 Å². The molecule has 0 radical (unpaired) electrons. The SMILES string of the molecule is CC(Sc1nnc(C(F)(F)F)o1)C(=O)O. The number of carboxylic acids is 1. The van der Waals surface area contributed by atoms with Gasteiger partial charge in [0.2, 0.25) is 0 Å². The van der Waals surface area contributed by atoms with E-state index in [-0.39, 0.29) is 0 Å². The van der Waals surface area contributed by atoms with E-state index >= 15 is 0 Å². The number of carbonyl (C=O) groups is 1. The van der Waals surface area contributed by atoms with E-state index < -0.39 is 28.5 Å². The molecule has 1 aromatic heterocycles. The number of carboxylic acid groups (broad SMARTS) is 1. The molecule has 84 valence electrons. The third-order valence-corrected chi connectivity index (χ3v) is 2.20. The summed E-state index contributed by atoms with van der Waals surface area (Å²) in [5.74, 6) is -2.66. The van der Waals surface area contributed by atoms with Crippen LogP contribution in [-0.2, 0) is 11.0 Å². The molecule has 0 amide bonds. The summed E-state index contributed by atoms with van der Waals surface area (Å²) in [6.45, 7) is 1.30. The maximum Gasteiger partial charge on any atom is 0.470 e. The lowest BCUT2D eigenvalue weighted by molar-refractivity contribution is -0.158. The number of thioether (sulfide) groups is 1. The Hall–Kier alpha value is -1.25. The fourth-order valence-electron chi connectivity index (χ4n) is 0.574. The van der Waals surface area contributed by atoms with Gasteiger partial charge in [0.05, 0.1) is 0 Å². The molecule has 1 rings (SSSR count). The highest BCUT2D eigenvalue weighted by Crippen LogP contribution is 2.31. The summed E-state index contributed by atoms with van der Waals surface area (Å²) >= 11 is 0.549. The Balaban J connectivity index is 2.73. The quantitative estimate of drug-likeness (QED) is 0.812. The number of hydrogen-bond acceptors (Lipinski definition) is 5. The van der Waals surface area contributed by atoms with Gasteiger partial charge in [0.15, 0.2) is 0 Å². The standard InChI is InChI=1S/C6H5F3N2O3S/c1-2(3(12)13)15-5-11-10-4(14-5)6(7,8)9/h2H,1H3,(H,12,13). The predicted octanol–water partition coefficient (Wildman–Crippen LogP) is 1.65. The summed E-state index contributed by atoms with van der Waals surface area (Å²) in [5, 5.41) is 12.9. The van der Waals surface area contributed by atoms with E-state index in [2.05, 4.69) is 14.6 Å². The predicted molar refractivity (Wildman–Crippen MR) is 42.3 cm³/mol. The topological polar surface area (TPSA) is 76.2 Å². The molecule has 9 heteroatoms. The van der Waals surface area contributed by atoms with Gasteiger partial charge in [-0.2, -0.15) is 13.2 Å². The molecule has 1 unspecified atom stereocenters. The van der Waals surface area contributed by atoms with Gasteiger partial charge >= 0.3 is 18.0 Å². The Kier molecular flexibility index (Phi) is 3.22. The number of nitrogens with zero attached hydrogens (tertiary/aromatic N) is 2. The molecule has 15 heavy (non-hydrogen) atoms. The van der Waals surface area contributed by atoms with Gasteiger partial charge in [0.1, 0.15) is 5.25 Å². The first kappa shape index (κ1) is 11.8. The van der Waals surface area contributed by atoms with E-state index in [1.165, 1.54) is 6.92 Å². The first-order chi connectivity index (χ1) is 6.80. The molecule has 0 aliphatic carbocycles. The van der Waals surface area contributed by atoms with Crippen molar-refractivity contribution in [3.05, 3.63) is 5.89 Å². The minimum atomic E-state index is -4.71. The van der Waals surface area contributed by atoms with Gasteiger partial charge in [-0.15, -0.1) is 10.2 Å². The second-order valence-electron chi connectivity index (χ2n) is 2.47. The zero-order chi connectivity index (χ0) is 11.6.